The Morgan fingerprint density at radius 3 is 2.24 bits per heavy atom. The molecule has 0 spiro atoms. The van der Waals surface area contributed by atoms with Gasteiger partial charge in [-0.3, -0.25) is 4.18 Å². The van der Waals surface area contributed by atoms with Crippen LogP contribution in [0.15, 0.2) is 59.5 Å². The molecule has 5 heteroatoms. The standard InChI is InChI=1S/C16H17NO3S/c18-21(19,20-15-10-11-17-12-15)16-8-6-14(7-9-16)13-4-2-1-3-5-13/h1-9,15,17H,10-12H2. The van der Waals surface area contributed by atoms with E-state index in [1.165, 1.54) is 0 Å². The Hall–Kier alpha value is -1.69. The van der Waals surface area contributed by atoms with Crippen LogP contribution in [0, 0.1) is 0 Å². The molecule has 0 aromatic heterocycles. The molecule has 0 saturated carbocycles. The van der Waals surface area contributed by atoms with Crippen molar-refractivity contribution in [2.24, 2.45) is 0 Å². The molecule has 1 unspecified atom stereocenters. The average Bonchev–Trinajstić information content (AvgIpc) is 3.00. The van der Waals surface area contributed by atoms with Gasteiger partial charge in [0.2, 0.25) is 0 Å². The van der Waals surface area contributed by atoms with Gasteiger partial charge in [-0.2, -0.15) is 8.42 Å². The molecular formula is C16H17NO3S. The van der Waals surface area contributed by atoms with Gasteiger partial charge in [0.05, 0.1) is 11.0 Å². The maximum absolute atomic E-state index is 12.2. The summed E-state index contributed by atoms with van der Waals surface area (Å²) in [4.78, 5) is 0.203. The Morgan fingerprint density at radius 1 is 0.952 bits per heavy atom. The second kappa shape index (κ2) is 5.97. The van der Waals surface area contributed by atoms with Crippen molar-refractivity contribution in [1.82, 2.24) is 5.32 Å². The summed E-state index contributed by atoms with van der Waals surface area (Å²) in [6.07, 6.45) is 0.463. The third kappa shape index (κ3) is 3.32. The molecule has 1 fully saturated rings. The van der Waals surface area contributed by atoms with E-state index >= 15 is 0 Å². The van der Waals surface area contributed by atoms with Crippen LogP contribution in [-0.2, 0) is 14.3 Å². The van der Waals surface area contributed by atoms with Crippen molar-refractivity contribution in [1.29, 1.82) is 0 Å². The van der Waals surface area contributed by atoms with E-state index in [1.54, 1.807) is 24.3 Å². The van der Waals surface area contributed by atoms with E-state index in [9.17, 15) is 8.42 Å². The fourth-order valence-electron chi connectivity index (χ4n) is 2.39. The van der Waals surface area contributed by atoms with Crippen LogP contribution in [-0.4, -0.2) is 27.6 Å². The smallest absolute Gasteiger partial charge is 0.297 e. The minimum atomic E-state index is -3.68. The Labute approximate surface area is 124 Å². The van der Waals surface area contributed by atoms with Crippen LogP contribution < -0.4 is 5.32 Å². The van der Waals surface area contributed by atoms with Crippen LogP contribution >= 0.6 is 0 Å². The van der Waals surface area contributed by atoms with E-state index in [0.29, 0.717) is 6.54 Å². The van der Waals surface area contributed by atoms with Crippen LogP contribution in [0.3, 0.4) is 0 Å². The van der Waals surface area contributed by atoms with Crippen LogP contribution in [0.25, 0.3) is 11.1 Å². The van der Waals surface area contributed by atoms with Crippen LogP contribution in [0.4, 0.5) is 0 Å². The normalized spacial score (nSPS) is 18.8. The Kier molecular flexibility index (Phi) is 4.05. The van der Waals surface area contributed by atoms with Crippen molar-refractivity contribution in [3.05, 3.63) is 54.6 Å². The Morgan fingerprint density at radius 2 is 1.62 bits per heavy atom. The van der Waals surface area contributed by atoms with E-state index < -0.39 is 10.1 Å². The summed E-state index contributed by atoms with van der Waals surface area (Å²) in [6, 6.07) is 16.6. The summed E-state index contributed by atoms with van der Waals surface area (Å²) in [7, 11) is -3.68. The molecule has 4 nitrogen and oxygen atoms in total. The minimum absolute atomic E-state index is 0.203. The first kappa shape index (κ1) is 14.3. The lowest BCUT2D eigenvalue weighted by molar-refractivity contribution is 0.230. The topological polar surface area (TPSA) is 55.4 Å². The molecule has 2 aromatic rings. The van der Waals surface area contributed by atoms with Gasteiger partial charge < -0.3 is 5.32 Å². The quantitative estimate of drug-likeness (QED) is 0.881. The summed E-state index contributed by atoms with van der Waals surface area (Å²) in [5.74, 6) is 0. The molecule has 0 radical (unpaired) electrons. The second-order valence-corrected chi connectivity index (χ2v) is 6.63. The van der Waals surface area contributed by atoms with Gasteiger partial charge in [0, 0.05) is 6.54 Å². The van der Waals surface area contributed by atoms with Gasteiger partial charge in [-0.1, -0.05) is 42.5 Å². The molecule has 2 aromatic carbocycles. The Balaban J connectivity index is 1.80. The molecule has 0 amide bonds. The molecule has 3 rings (SSSR count). The summed E-state index contributed by atoms with van der Waals surface area (Å²) >= 11 is 0. The van der Waals surface area contributed by atoms with Crippen LogP contribution in [0.5, 0.6) is 0 Å². The van der Waals surface area contributed by atoms with Crippen molar-refractivity contribution in [2.75, 3.05) is 13.1 Å². The van der Waals surface area contributed by atoms with Crippen molar-refractivity contribution in [3.8, 4) is 11.1 Å². The molecule has 1 N–H and O–H groups in total. The number of hydrogen-bond acceptors (Lipinski definition) is 4. The summed E-state index contributed by atoms with van der Waals surface area (Å²) in [5.41, 5.74) is 2.04. The summed E-state index contributed by atoms with van der Waals surface area (Å²) in [6.45, 7) is 1.38. The van der Waals surface area contributed by atoms with E-state index in [-0.39, 0.29) is 11.0 Å². The van der Waals surface area contributed by atoms with Gasteiger partial charge in [-0.05, 0) is 36.2 Å². The van der Waals surface area contributed by atoms with Gasteiger partial charge in [-0.15, -0.1) is 0 Å². The van der Waals surface area contributed by atoms with E-state index in [2.05, 4.69) is 5.32 Å². The summed E-state index contributed by atoms with van der Waals surface area (Å²) in [5, 5.41) is 3.09. The Bertz CT molecular complexity index is 690. The lowest BCUT2D eigenvalue weighted by Gasteiger charge is -2.11. The fourth-order valence-corrected chi connectivity index (χ4v) is 3.49. The van der Waals surface area contributed by atoms with Crippen LogP contribution in [0.1, 0.15) is 6.42 Å². The molecule has 110 valence electrons. The zero-order valence-corrected chi connectivity index (χ0v) is 12.3. The van der Waals surface area contributed by atoms with Crippen molar-refractivity contribution in [2.45, 2.75) is 17.4 Å². The highest BCUT2D eigenvalue weighted by atomic mass is 32.2. The number of benzene rings is 2. The minimum Gasteiger partial charge on any atom is -0.314 e. The highest BCUT2D eigenvalue weighted by molar-refractivity contribution is 7.86. The first-order chi connectivity index (χ1) is 10.1. The number of nitrogens with one attached hydrogen (secondary N) is 1. The molecule has 1 saturated heterocycles. The molecular weight excluding hydrogens is 286 g/mol. The van der Waals surface area contributed by atoms with Crippen molar-refractivity contribution >= 4 is 10.1 Å². The third-order valence-electron chi connectivity index (χ3n) is 3.53. The zero-order chi connectivity index (χ0) is 14.7. The molecule has 1 heterocycles. The van der Waals surface area contributed by atoms with E-state index in [0.717, 1.165) is 24.1 Å². The third-order valence-corrected chi connectivity index (χ3v) is 4.90. The monoisotopic (exact) mass is 303 g/mol. The first-order valence-electron chi connectivity index (χ1n) is 6.95. The number of rotatable bonds is 4. The predicted octanol–water partition coefficient (Wildman–Crippen LogP) is 2.42. The van der Waals surface area contributed by atoms with E-state index in [1.807, 2.05) is 30.3 Å². The lowest BCUT2D eigenvalue weighted by atomic mass is 10.1. The maximum Gasteiger partial charge on any atom is 0.297 e. The highest BCUT2D eigenvalue weighted by Gasteiger charge is 2.24. The maximum atomic E-state index is 12.2. The lowest BCUT2D eigenvalue weighted by Crippen LogP contribution is -2.21. The van der Waals surface area contributed by atoms with Gasteiger partial charge >= 0.3 is 0 Å². The molecule has 0 aliphatic carbocycles. The van der Waals surface area contributed by atoms with Crippen LogP contribution in [0.2, 0.25) is 0 Å². The average molecular weight is 303 g/mol. The highest BCUT2D eigenvalue weighted by Crippen LogP contribution is 2.23. The van der Waals surface area contributed by atoms with Gasteiger partial charge in [0.25, 0.3) is 10.1 Å². The van der Waals surface area contributed by atoms with Gasteiger partial charge in [0.15, 0.2) is 0 Å². The fraction of sp³-hybridized carbons (Fsp3) is 0.250. The summed E-state index contributed by atoms with van der Waals surface area (Å²) < 4.78 is 29.6. The SMILES string of the molecule is O=S(=O)(OC1CCNC1)c1ccc(-c2ccccc2)cc1. The van der Waals surface area contributed by atoms with Crippen molar-refractivity contribution < 1.29 is 12.6 Å². The molecule has 1 aliphatic rings. The second-order valence-electron chi connectivity index (χ2n) is 5.06. The van der Waals surface area contributed by atoms with Gasteiger partial charge in [0.1, 0.15) is 0 Å². The molecule has 1 atom stereocenters. The van der Waals surface area contributed by atoms with Crippen molar-refractivity contribution in [3.63, 3.8) is 0 Å². The van der Waals surface area contributed by atoms with Gasteiger partial charge in [-0.25, -0.2) is 0 Å². The molecule has 1 aliphatic heterocycles. The number of hydrogen-bond donors (Lipinski definition) is 1. The largest absolute Gasteiger partial charge is 0.314 e. The molecule has 0 bridgehead atoms. The molecule has 21 heavy (non-hydrogen) atoms. The zero-order valence-electron chi connectivity index (χ0n) is 11.5. The predicted molar refractivity (Wildman–Crippen MR) is 81.4 cm³/mol. The first-order valence-corrected chi connectivity index (χ1v) is 8.35. The van der Waals surface area contributed by atoms with E-state index in [4.69, 9.17) is 4.18 Å².